The molecule has 0 aliphatic rings. The van der Waals surface area contributed by atoms with Gasteiger partial charge in [-0.15, -0.1) is 0 Å². The molecule has 0 bridgehead atoms. The van der Waals surface area contributed by atoms with Gasteiger partial charge < -0.3 is 10.2 Å². The maximum atomic E-state index is 11.7. The van der Waals surface area contributed by atoms with E-state index in [9.17, 15) is 9.59 Å². The summed E-state index contributed by atoms with van der Waals surface area (Å²) in [6.07, 6.45) is 0. The second-order valence-electron chi connectivity index (χ2n) is 3.76. The number of carbonyl (C=O) groups is 2. The van der Waals surface area contributed by atoms with Gasteiger partial charge in [0, 0.05) is 23.7 Å². The van der Waals surface area contributed by atoms with Gasteiger partial charge in [0.2, 0.25) is 5.91 Å². The van der Waals surface area contributed by atoms with Crippen LogP contribution in [0.15, 0.2) is 24.3 Å². The molecule has 18 heavy (non-hydrogen) atoms. The van der Waals surface area contributed by atoms with Crippen molar-refractivity contribution in [2.75, 3.05) is 19.6 Å². The lowest BCUT2D eigenvalue weighted by Crippen LogP contribution is -2.39. The number of carbonyl (C=O) groups excluding carboxylic acids is 2. The van der Waals surface area contributed by atoms with E-state index in [1.807, 2.05) is 13.8 Å². The third-order valence-corrected chi connectivity index (χ3v) is 2.87. The molecule has 0 radical (unpaired) electrons. The lowest BCUT2D eigenvalue weighted by Gasteiger charge is -2.18. The number of nitrogens with zero attached hydrogens (tertiary/aromatic N) is 1. The highest BCUT2D eigenvalue weighted by Crippen LogP contribution is 2.09. The Hall–Kier alpha value is -1.55. The van der Waals surface area contributed by atoms with Crippen LogP contribution in [0.4, 0.5) is 0 Å². The molecule has 0 fully saturated rings. The number of rotatable bonds is 5. The molecule has 4 nitrogen and oxygen atoms in total. The molecule has 1 N–H and O–H groups in total. The first-order valence-corrected chi connectivity index (χ1v) is 6.27. The van der Waals surface area contributed by atoms with Crippen molar-refractivity contribution >= 4 is 23.4 Å². The maximum absolute atomic E-state index is 11.7. The standard InChI is InChI=1S/C13H17ClN2O2/c1-3-16(4-2)12(17)9-15-13(18)10-5-7-11(14)8-6-10/h5-8H,3-4,9H2,1-2H3,(H,15,18). The zero-order valence-corrected chi connectivity index (χ0v) is 11.3. The van der Waals surface area contributed by atoms with Crippen molar-refractivity contribution in [3.05, 3.63) is 34.9 Å². The van der Waals surface area contributed by atoms with Crippen LogP contribution in [-0.4, -0.2) is 36.3 Å². The zero-order valence-electron chi connectivity index (χ0n) is 10.6. The molecule has 1 aromatic rings. The summed E-state index contributed by atoms with van der Waals surface area (Å²) < 4.78 is 0. The van der Waals surface area contributed by atoms with Crippen molar-refractivity contribution in [3.8, 4) is 0 Å². The van der Waals surface area contributed by atoms with Crippen molar-refractivity contribution in [1.29, 1.82) is 0 Å². The maximum Gasteiger partial charge on any atom is 0.251 e. The SMILES string of the molecule is CCN(CC)C(=O)CNC(=O)c1ccc(Cl)cc1. The summed E-state index contributed by atoms with van der Waals surface area (Å²) in [5, 5.41) is 3.17. The molecule has 0 spiro atoms. The Labute approximate surface area is 112 Å². The topological polar surface area (TPSA) is 49.4 Å². The van der Waals surface area contributed by atoms with E-state index in [1.54, 1.807) is 29.2 Å². The zero-order chi connectivity index (χ0) is 13.5. The van der Waals surface area contributed by atoms with Gasteiger partial charge in [-0.3, -0.25) is 9.59 Å². The average Bonchev–Trinajstić information content (AvgIpc) is 2.38. The van der Waals surface area contributed by atoms with Gasteiger partial charge in [0.1, 0.15) is 0 Å². The van der Waals surface area contributed by atoms with Gasteiger partial charge in [0.25, 0.3) is 5.91 Å². The fourth-order valence-electron chi connectivity index (χ4n) is 1.55. The summed E-state index contributed by atoms with van der Waals surface area (Å²) in [4.78, 5) is 25.1. The molecule has 0 atom stereocenters. The summed E-state index contributed by atoms with van der Waals surface area (Å²) in [7, 11) is 0. The lowest BCUT2D eigenvalue weighted by molar-refractivity contribution is -0.129. The Morgan fingerprint density at radius 2 is 1.72 bits per heavy atom. The van der Waals surface area contributed by atoms with E-state index in [4.69, 9.17) is 11.6 Å². The van der Waals surface area contributed by atoms with Crippen molar-refractivity contribution < 1.29 is 9.59 Å². The third-order valence-electron chi connectivity index (χ3n) is 2.62. The molecule has 5 heteroatoms. The Balaban J connectivity index is 2.51. The summed E-state index contributed by atoms with van der Waals surface area (Å²) in [6, 6.07) is 6.53. The van der Waals surface area contributed by atoms with Crippen LogP contribution in [0.3, 0.4) is 0 Å². The van der Waals surface area contributed by atoms with Gasteiger partial charge in [-0.2, -0.15) is 0 Å². The fraction of sp³-hybridized carbons (Fsp3) is 0.385. The van der Waals surface area contributed by atoms with E-state index in [-0.39, 0.29) is 18.4 Å². The number of hydrogen-bond donors (Lipinski definition) is 1. The molecular formula is C13H17ClN2O2. The summed E-state index contributed by atoms with van der Waals surface area (Å²) in [5.74, 6) is -0.352. The molecular weight excluding hydrogens is 252 g/mol. The van der Waals surface area contributed by atoms with Gasteiger partial charge in [-0.05, 0) is 38.1 Å². The molecule has 0 aromatic heterocycles. The first-order chi connectivity index (χ1) is 8.58. The van der Waals surface area contributed by atoms with Crippen LogP contribution in [0, 0.1) is 0 Å². The van der Waals surface area contributed by atoms with Gasteiger partial charge >= 0.3 is 0 Å². The highest BCUT2D eigenvalue weighted by molar-refractivity contribution is 6.30. The van der Waals surface area contributed by atoms with Crippen LogP contribution in [0.2, 0.25) is 5.02 Å². The van der Waals surface area contributed by atoms with Gasteiger partial charge in [-0.25, -0.2) is 0 Å². The number of amides is 2. The highest BCUT2D eigenvalue weighted by Gasteiger charge is 2.11. The van der Waals surface area contributed by atoms with Gasteiger partial charge in [-0.1, -0.05) is 11.6 Å². The Bertz CT molecular complexity index is 414. The Morgan fingerprint density at radius 3 is 2.22 bits per heavy atom. The van der Waals surface area contributed by atoms with E-state index in [2.05, 4.69) is 5.32 Å². The van der Waals surface area contributed by atoms with Crippen molar-refractivity contribution in [2.24, 2.45) is 0 Å². The smallest absolute Gasteiger partial charge is 0.251 e. The molecule has 1 aromatic carbocycles. The molecule has 2 amide bonds. The minimum absolute atomic E-state index is 0.0170. The molecule has 0 unspecified atom stereocenters. The van der Waals surface area contributed by atoms with E-state index >= 15 is 0 Å². The molecule has 0 saturated carbocycles. The fourth-order valence-corrected chi connectivity index (χ4v) is 1.67. The first kappa shape index (κ1) is 14.5. The minimum atomic E-state index is -0.271. The van der Waals surface area contributed by atoms with Crippen LogP contribution in [0.5, 0.6) is 0 Å². The van der Waals surface area contributed by atoms with Gasteiger partial charge in [0.15, 0.2) is 0 Å². The van der Waals surface area contributed by atoms with E-state index in [0.29, 0.717) is 23.7 Å². The number of likely N-dealkylation sites (N-methyl/N-ethyl adjacent to an activating group) is 1. The number of benzene rings is 1. The number of hydrogen-bond acceptors (Lipinski definition) is 2. The minimum Gasteiger partial charge on any atom is -0.343 e. The second-order valence-corrected chi connectivity index (χ2v) is 4.19. The highest BCUT2D eigenvalue weighted by atomic mass is 35.5. The summed E-state index contributed by atoms with van der Waals surface area (Å²) >= 11 is 5.73. The predicted octanol–water partition coefficient (Wildman–Crippen LogP) is 1.94. The summed E-state index contributed by atoms with van der Waals surface area (Å²) in [5.41, 5.74) is 0.492. The van der Waals surface area contributed by atoms with E-state index < -0.39 is 0 Å². The predicted molar refractivity (Wildman–Crippen MR) is 71.7 cm³/mol. The Morgan fingerprint density at radius 1 is 1.17 bits per heavy atom. The average molecular weight is 269 g/mol. The normalized spacial score (nSPS) is 9.94. The molecule has 1 rings (SSSR count). The summed E-state index contributed by atoms with van der Waals surface area (Å²) in [6.45, 7) is 5.12. The monoisotopic (exact) mass is 268 g/mol. The number of nitrogens with one attached hydrogen (secondary N) is 1. The molecule has 0 aliphatic carbocycles. The lowest BCUT2D eigenvalue weighted by atomic mass is 10.2. The van der Waals surface area contributed by atoms with Crippen molar-refractivity contribution in [1.82, 2.24) is 10.2 Å². The molecule has 0 aliphatic heterocycles. The quantitative estimate of drug-likeness (QED) is 0.887. The molecule has 0 saturated heterocycles. The van der Waals surface area contributed by atoms with Crippen molar-refractivity contribution in [2.45, 2.75) is 13.8 Å². The number of halogens is 1. The van der Waals surface area contributed by atoms with Crippen LogP contribution in [-0.2, 0) is 4.79 Å². The van der Waals surface area contributed by atoms with Crippen LogP contribution in [0.1, 0.15) is 24.2 Å². The Kier molecular flexibility index (Phi) is 5.65. The van der Waals surface area contributed by atoms with Gasteiger partial charge in [0.05, 0.1) is 6.54 Å². The van der Waals surface area contributed by atoms with Crippen LogP contribution >= 0.6 is 11.6 Å². The van der Waals surface area contributed by atoms with Crippen LogP contribution in [0.25, 0.3) is 0 Å². The third kappa shape index (κ3) is 4.04. The molecule has 98 valence electrons. The molecule has 0 heterocycles. The van der Waals surface area contributed by atoms with E-state index in [1.165, 1.54) is 0 Å². The first-order valence-electron chi connectivity index (χ1n) is 5.90. The second kappa shape index (κ2) is 7.01. The van der Waals surface area contributed by atoms with Crippen LogP contribution < -0.4 is 5.32 Å². The van der Waals surface area contributed by atoms with Crippen molar-refractivity contribution in [3.63, 3.8) is 0 Å². The van der Waals surface area contributed by atoms with E-state index in [0.717, 1.165) is 0 Å². The largest absolute Gasteiger partial charge is 0.343 e.